The first-order valence-electron chi connectivity index (χ1n) is 9.30. The second-order valence-electron chi connectivity index (χ2n) is 7.31. The predicted molar refractivity (Wildman–Crippen MR) is 103 cm³/mol. The fraction of sp³-hybridized carbons (Fsp3) is 0.526. The van der Waals surface area contributed by atoms with Crippen LogP contribution in [0.1, 0.15) is 34.3 Å². The van der Waals surface area contributed by atoms with Crippen molar-refractivity contribution in [2.75, 3.05) is 19.3 Å². The largest absolute Gasteiger partial charge is 0.322 e. The molecule has 144 valence electrons. The van der Waals surface area contributed by atoms with Crippen molar-refractivity contribution in [2.24, 2.45) is 0 Å². The summed E-state index contributed by atoms with van der Waals surface area (Å²) in [6, 6.07) is 5.83. The van der Waals surface area contributed by atoms with Crippen LogP contribution in [0.25, 0.3) is 0 Å². The van der Waals surface area contributed by atoms with E-state index in [0.29, 0.717) is 36.4 Å². The highest BCUT2D eigenvalue weighted by Crippen LogP contribution is 2.28. The van der Waals surface area contributed by atoms with Crippen LogP contribution in [0.15, 0.2) is 18.2 Å². The van der Waals surface area contributed by atoms with Crippen molar-refractivity contribution in [1.82, 2.24) is 20.9 Å². The van der Waals surface area contributed by atoms with Crippen LogP contribution in [0.5, 0.6) is 0 Å². The molecule has 8 heteroatoms. The highest BCUT2D eigenvalue weighted by atomic mass is 32.2. The van der Waals surface area contributed by atoms with Crippen LogP contribution >= 0.6 is 11.8 Å². The Morgan fingerprint density at radius 3 is 2.89 bits per heavy atom. The molecule has 0 spiro atoms. The van der Waals surface area contributed by atoms with E-state index in [-0.39, 0.29) is 24.1 Å². The molecule has 3 amide bonds. The number of rotatable bonds is 5. The lowest BCUT2D eigenvalue weighted by Gasteiger charge is -2.29. The summed E-state index contributed by atoms with van der Waals surface area (Å²) in [6.45, 7) is 3.11. The van der Waals surface area contributed by atoms with Crippen molar-refractivity contribution in [3.8, 4) is 0 Å². The SMILES string of the molecule is CS[C@@H]1CNC[C@H]1NCc1ccc2c(c1)C(=O)N(C1CCC(=O)NC1=O)C2. The van der Waals surface area contributed by atoms with Gasteiger partial charge in [0.2, 0.25) is 11.8 Å². The maximum absolute atomic E-state index is 12.9. The minimum Gasteiger partial charge on any atom is -0.322 e. The average Bonchev–Trinajstić information content (AvgIpc) is 3.24. The van der Waals surface area contributed by atoms with E-state index >= 15 is 0 Å². The maximum Gasteiger partial charge on any atom is 0.255 e. The Kier molecular flexibility index (Phi) is 5.21. The molecule has 3 N–H and O–H groups in total. The van der Waals surface area contributed by atoms with E-state index in [0.717, 1.165) is 24.2 Å². The number of piperidine rings is 1. The van der Waals surface area contributed by atoms with Gasteiger partial charge in [0.25, 0.3) is 5.91 Å². The van der Waals surface area contributed by atoms with Crippen LogP contribution in [-0.4, -0.2) is 59.3 Å². The van der Waals surface area contributed by atoms with Crippen LogP contribution in [-0.2, 0) is 22.7 Å². The summed E-state index contributed by atoms with van der Waals surface area (Å²) in [5.41, 5.74) is 2.68. The fourth-order valence-corrected chi connectivity index (χ4v) is 4.87. The molecule has 7 nitrogen and oxygen atoms in total. The first-order chi connectivity index (χ1) is 13.1. The highest BCUT2D eigenvalue weighted by molar-refractivity contribution is 7.99. The van der Waals surface area contributed by atoms with Gasteiger partial charge in [-0.1, -0.05) is 12.1 Å². The zero-order valence-electron chi connectivity index (χ0n) is 15.3. The molecule has 3 aliphatic heterocycles. The predicted octanol–water partition coefficient (Wildman–Crippen LogP) is 0.241. The first kappa shape index (κ1) is 18.5. The second-order valence-corrected chi connectivity index (χ2v) is 8.39. The van der Waals surface area contributed by atoms with Crippen LogP contribution in [0.4, 0.5) is 0 Å². The standard InChI is InChI=1S/C19H24N4O3S/c1-27-16-9-20-8-14(16)21-7-11-2-3-12-10-23(19(26)13(12)6-11)15-4-5-17(24)22-18(15)25/h2-3,6,14-16,20-21H,4-5,7-10H2,1H3,(H,22,24,25)/t14-,15?,16-/m1/s1. The number of imide groups is 1. The second kappa shape index (κ2) is 7.61. The van der Waals surface area contributed by atoms with Crippen LogP contribution in [0, 0.1) is 0 Å². The third-order valence-corrected chi connectivity index (χ3v) is 6.72. The van der Waals surface area contributed by atoms with Gasteiger partial charge in [0.1, 0.15) is 6.04 Å². The number of fused-ring (bicyclic) bond motifs is 1. The van der Waals surface area contributed by atoms with Crippen molar-refractivity contribution in [3.05, 3.63) is 34.9 Å². The number of hydrogen-bond acceptors (Lipinski definition) is 6. The smallest absolute Gasteiger partial charge is 0.255 e. The minimum atomic E-state index is -0.559. The summed E-state index contributed by atoms with van der Waals surface area (Å²) >= 11 is 1.86. The Balaban J connectivity index is 1.43. The van der Waals surface area contributed by atoms with E-state index in [1.165, 1.54) is 0 Å². The molecule has 3 aliphatic rings. The van der Waals surface area contributed by atoms with Gasteiger partial charge in [-0.3, -0.25) is 19.7 Å². The zero-order valence-corrected chi connectivity index (χ0v) is 16.1. The molecule has 0 aliphatic carbocycles. The molecule has 2 fully saturated rings. The molecule has 27 heavy (non-hydrogen) atoms. The summed E-state index contributed by atoms with van der Waals surface area (Å²) in [6.07, 6.45) is 2.80. The third kappa shape index (κ3) is 3.61. The molecule has 0 bridgehead atoms. The number of carbonyl (C=O) groups excluding carboxylic acids is 3. The lowest BCUT2D eigenvalue weighted by atomic mass is 10.0. The van der Waals surface area contributed by atoms with Gasteiger partial charge in [-0.15, -0.1) is 0 Å². The molecule has 4 rings (SSSR count). The van der Waals surface area contributed by atoms with E-state index in [4.69, 9.17) is 0 Å². The van der Waals surface area contributed by atoms with Crippen molar-refractivity contribution >= 4 is 29.5 Å². The van der Waals surface area contributed by atoms with Gasteiger partial charge < -0.3 is 15.5 Å². The summed E-state index contributed by atoms with van der Waals surface area (Å²) in [5, 5.41) is 9.88. The molecule has 0 saturated carbocycles. The normalized spacial score (nSPS) is 27.8. The van der Waals surface area contributed by atoms with E-state index in [1.807, 2.05) is 30.0 Å². The number of amides is 3. The van der Waals surface area contributed by atoms with Gasteiger partial charge in [0, 0.05) is 49.5 Å². The van der Waals surface area contributed by atoms with Gasteiger partial charge in [-0.25, -0.2) is 0 Å². The number of thioether (sulfide) groups is 1. The van der Waals surface area contributed by atoms with Gasteiger partial charge in [-0.2, -0.15) is 11.8 Å². The number of hydrogen-bond donors (Lipinski definition) is 3. The molecule has 1 aromatic rings. The minimum absolute atomic E-state index is 0.120. The third-order valence-electron chi connectivity index (χ3n) is 5.62. The molecule has 1 unspecified atom stereocenters. The van der Waals surface area contributed by atoms with Crippen molar-refractivity contribution in [1.29, 1.82) is 0 Å². The van der Waals surface area contributed by atoms with Gasteiger partial charge in [-0.05, 0) is 29.9 Å². The van der Waals surface area contributed by atoms with Gasteiger partial charge in [0.15, 0.2) is 0 Å². The summed E-state index contributed by atoms with van der Waals surface area (Å²) < 4.78 is 0. The molecule has 3 heterocycles. The van der Waals surface area contributed by atoms with Crippen LogP contribution < -0.4 is 16.0 Å². The quantitative estimate of drug-likeness (QED) is 0.626. The fourth-order valence-electron chi connectivity index (χ4n) is 4.07. The Bertz CT molecular complexity index is 784. The number of carbonyl (C=O) groups is 3. The lowest BCUT2D eigenvalue weighted by molar-refractivity contribution is -0.136. The number of benzene rings is 1. The summed E-state index contributed by atoms with van der Waals surface area (Å²) in [4.78, 5) is 37.9. The Labute approximate surface area is 162 Å². The topological polar surface area (TPSA) is 90.5 Å². The van der Waals surface area contributed by atoms with E-state index in [9.17, 15) is 14.4 Å². The van der Waals surface area contributed by atoms with Crippen LogP contribution in [0.2, 0.25) is 0 Å². The monoisotopic (exact) mass is 388 g/mol. The average molecular weight is 388 g/mol. The Hall–Kier alpha value is -1.90. The molecular weight excluding hydrogens is 364 g/mol. The zero-order chi connectivity index (χ0) is 19.0. The highest BCUT2D eigenvalue weighted by Gasteiger charge is 2.39. The Morgan fingerprint density at radius 1 is 1.26 bits per heavy atom. The van der Waals surface area contributed by atoms with Crippen molar-refractivity contribution < 1.29 is 14.4 Å². The summed E-state index contributed by atoms with van der Waals surface area (Å²) in [7, 11) is 0. The number of nitrogens with one attached hydrogen (secondary N) is 3. The van der Waals surface area contributed by atoms with E-state index in [1.54, 1.807) is 4.90 Å². The maximum atomic E-state index is 12.9. The van der Waals surface area contributed by atoms with Gasteiger partial charge >= 0.3 is 0 Å². The lowest BCUT2D eigenvalue weighted by Crippen LogP contribution is -2.52. The van der Waals surface area contributed by atoms with Gasteiger partial charge in [0.05, 0.1) is 0 Å². The molecule has 0 aromatic heterocycles. The molecule has 3 atom stereocenters. The van der Waals surface area contributed by atoms with Crippen molar-refractivity contribution in [3.63, 3.8) is 0 Å². The summed E-state index contributed by atoms with van der Waals surface area (Å²) in [5.74, 6) is -0.754. The molecular formula is C19H24N4O3S. The van der Waals surface area contributed by atoms with E-state index < -0.39 is 6.04 Å². The molecule has 2 saturated heterocycles. The van der Waals surface area contributed by atoms with Crippen molar-refractivity contribution in [2.45, 2.75) is 43.3 Å². The van der Waals surface area contributed by atoms with E-state index in [2.05, 4.69) is 22.2 Å². The first-order valence-corrected chi connectivity index (χ1v) is 10.6. The number of nitrogens with zero attached hydrogens (tertiary/aromatic N) is 1. The molecule has 1 aromatic carbocycles. The molecule has 0 radical (unpaired) electrons. The van der Waals surface area contributed by atoms with Crippen LogP contribution in [0.3, 0.4) is 0 Å². The Morgan fingerprint density at radius 2 is 2.11 bits per heavy atom.